The molecule has 0 spiro atoms. The maximum Gasteiger partial charge on any atom is 0.573 e. The number of piperidine rings is 1. The number of anilines is 1. The molecule has 0 aromatic heterocycles. The summed E-state index contributed by atoms with van der Waals surface area (Å²) < 4.78 is 41.2. The number of rotatable bonds is 6. The number of likely N-dealkylation sites (tertiary alicyclic amines) is 1. The average Bonchev–Trinajstić information content (AvgIpc) is 2.56. The smallest absolute Gasteiger partial charge is 0.404 e. The number of aliphatic imine (C=N–C) groups is 1. The molecule has 0 saturated carbocycles. The molecule has 2 rings (SSSR count). The third-order valence-corrected chi connectivity index (χ3v) is 4.22. The molecule has 1 unspecified atom stereocenters. The van der Waals surface area contributed by atoms with Gasteiger partial charge in [-0.25, -0.2) is 0 Å². The molecule has 3 N–H and O–H groups in total. The van der Waals surface area contributed by atoms with Crippen molar-refractivity contribution in [2.24, 2.45) is 10.7 Å². The van der Waals surface area contributed by atoms with Gasteiger partial charge in [0.15, 0.2) is 11.7 Å². The van der Waals surface area contributed by atoms with Crippen molar-refractivity contribution in [2.45, 2.75) is 45.0 Å². The molecule has 148 valence electrons. The molecule has 1 aromatic carbocycles. The second-order valence-corrected chi connectivity index (χ2v) is 6.17. The number of nitrogens with one attached hydrogen (secondary N) is 1. The van der Waals surface area contributed by atoms with Crippen molar-refractivity contribution in [3.05, 3.63) is 24.3 Å². The van der Waals surface area contributed by atoms with Gasteiger partial charge in [-0.1, -0.05) is 18.6 Å². The van der Waals surface area contributed by atoms with Gasteiger partial charge < -0.3 is 20.7 Å². The van der Waals surface area contributed by atoms with E-state index in [0.29, 0.717) is 12.6 Å². The highest BCUT2D eigenvalue weighted by Gasteiger charge is 2.32. The summed E-state index contributed by atoms with van der Waals surface area (Å²) in [5.41, 5.74) is 5.92. The number of nitrogens with two attached hydrogens (primary N) is 1. The lowest BCUT2D eigenvalue weighted by Crippen LogP contribution is -2.37. The Bertz CT molecular complexity index is 577. The molecule has 1 saturated heterocycles. The van der Waals surface area contributed by atoms with Crippen molar-refractivity contribution in [3.8, 4) is 5.75 Å². The largest absolute Gasteiger partial charge is 0.573 e. The summed E-state index contributed by atoms with van der Waals surface area (Å²) in [6.07, 6.45) is -0.158. The third-order valence-electron chi connectivity index (χ3n) is 4.22. The predicted octanol–water partition coefficient (Wildman–Crippen LogP) is 4.19. The molecule has 1 fully saturated rings. The first kappa shape index (κ1) is 22.8. The average molecular weight is 486 g/mol. The first-order valence-electron chi connectivity index (χ1n) is 8.51. The van der Waals surface area contributed by atoms with Crippen molar-refractivity contribution in [3.63, 3.8) is 0 Å². The van der Waals surface area contributed by atoms with Gasteiger partial charge in [-0.05, 0) is 51.4 Å². The molecular weight excluding hydrogens is 460 g/mol. The molecule has 0 radical (unpaired) electrons. The van der Waals surface area contributed by atoms with E-state index in [1.165, 1.54) is 37.5 Å². The van der Waals surface area contributed by atoms with Crippen LogP contribution in [0.2, 0.25) is 0 Å². The van der Waals surface area contributed by atoms with E-state index in [1.54, 1.807) is 6.07 Å². The molecule has 0 bridgehead atoms. The van der Waals surface area contributed by atoms with E-state index >= 15 is 0 Å². The standard InChI is InChI=1S/C17H25F3N4O.HI/c1-13(24-11-5-2-6-12-24)9-10-22-16(21)23-14-7-3-4-8-15(14)25-17(18,19)20;/h3-4,7-8,13H,2,5-6,9-12H2,1H3,(H3,21,22,23);1H. The van der Waals surface area contributed by atoms with Crippen molar-refractivity contribution in [1.29, 1.82) is 0 Å². The van der Waals surface area contributed by atoms with E-state index in [9.17, 15) is 13.2 Å². The second-order valence-electron chi connectivity index (χ2n) is 6.17. The lowest BCUT2D eigenvalue weighted by atomic mass is 10.1. The highest BCUT2D eigenvalue weighted by Crippen LogP contribution is 2.29. The Hall–Kier alpha value is -1.23. The minimum atomic E-state index is -4.76. The normalized spacial score (nSPS) is 17.3. The maximum absolute atomic E-state index is 12.4. The lowest BCUT2D eigenvalue weighted by Gasteiger charge is -2.32. The summed E-state index contributed by atoms with van der Waals surface area (Å²) in [4.78, 5) is 6.65. The van der Waals surface area contributed by atoms with Gasteiger partial charge in [0.1, 0.15) is 0 Å². The Morgan fingerprint density at radius 1 is 1.27 bits per heavy atom. The number of ether oxygens (including phenoxy) is 1. The van der Waals surface area contributed by atoms with Crippen LogP contribution in [-0.2, 0) is 0 Å². The number of para-hydroxylation sites is 2. The number of guanidine groups is 1. The number of benzene rings is 1. The van der Waals surface area contributed by atoms with E-state index in [2.05, 4.69) is 26.9 Å². The molecule has 5 nitrogen and oxygen atoms in total. The van der Waals surface area contributed by atoms with Crippen LogP contribution in [-0.4, -0.2) is 42.9 Å². The van der Waals surface area contributed by atoms with Crippen molar-refractivity contribution >= 4 is 35.6 Å². The number of nitrogens with zero attached hydrogens (tertiary/aromatic N) is 2. The van der Waals surface area contributed by atoms with E-state index in [0.717, 1.165) is 19.5 Å². The summed E-state index contributed by atoms with van der Waals surface area (Å²) in [6, 6.07) is 6.15. The van der Waals surface area contributed by atoms with Crippen LogP contribution in [0.15, 0.2) is 29.3 Å². The first-order chi connectivity index (χ1) is 11.8. The van der Waals surface area contributed by atoms with Crippen LogP contribution < -0.4 is 15.8 Å². The summed E-state index contributed by atoms with van der Waals surface area (Å²) >= 11 is 0. The Balaban J connectivity index is 0.00000338. The lowest BCUT2D eigenvalue weighted by molar-refractivity contribution is -0.274. The summed E-state index contributed by atoms with van der Waals surface area (Å²) in [6.45, 7) is 4.90. The van der Waals surface area contributed by atoms with Gasteiger partial charge in [-0.2, -0.15) is 0 Å². The predicted molar refractivity (Wildman–Crippen MR) is 108 cm³/mol. The van der Waals surface area contributed by atoms with Crippen molar-refractivity contribution < 1.29 is 17.9 Å². The van der Waals surface area contributed by atoms with E-state index in [4.69, 9.17) is 5.73 Å². The summed E-state index contributed by atoms with van der Waals surface area (Å²) in [7, 11) is 0. The molecule has 26 heavy (non-hydrogen) atoms. The van der Waals surface area contributed by atoms with Crippen LogP contribution in [0, 0.1) is 0 Å². The molecule has 9 heteroatoms. The molecule has 1 heterocycles. The highest BCUT2D eigenvalue weighted by atomic mass is 127. The van der Waals surface area contributed by atoms with E-state index < -0.39 is 6.36 Å². The fourth-order valence-electron chi connectivity index (χ4n) is 2.87. The van der Waals surface area contributed by atoms with Crippen LogP contribution in [0.25, 0.3) is 0 Å². The van der Waals surface area contributed by atoms with Gasteiger partial charge in [0.05, 0.1) is 5.69 Å². The number of halogens is 4. The van der Waals surface area contributed by atoms with E-state index in [1.807, 2.05) is 0 Å². The monoisotopic (exact) mass is 486 g/mol. The number of hydrogen-bond acceptors (Lipinski definition) is 3. The van der Waals surface area contributed by atoms with Gasteiger partial charge in [0, 0.05) is 12.6 Å². The van der Waals surface area contributed by atoms with Gasteiger partial charge in [0.25, 0.3) is 0 Å². The maximum atomic E-state index is 12.4. The molecule has 1 atom stereocenters. The van der Waals surface area contributed by atoms with E-state index in [-0.39, 0.29) is 41.4 Å². The Kier molecular flexibility index (Phi) is 9.48. The highest BCUT2D eigenvalue weighted by molar-refractivity contribution is 14.0. The minimum Gasteiger partial charge on any atom is -0.404 e. The number of hydrogen-bond donors (Lipinski definition) is 2. The second kappa shape index (κ2) is 10.8. The van der Waals surface area contributed by atoms with Gasteiger partial charge >= 0.3 is 6.36 Å². The zero-order valence-electron chi connectivity index (χ0n) is 14.8. The topological polar surface area (TPSA) is 62.9 Å². The molecule has 1 aromatic rings. The van der Waals surface area contributed by atoms with Gasteiger partial charge in [-0.3, -0.25) is 4.99 Å². The van der Waals surface area contributed by atoms with Crippen LogP contribution >= 0.6 is 24.0 Å². The van der Waals surface area contributed by atoms with Crippen molar-refractivity contribution in [1.82, 2.24) is 4.90 Å². The SMILES string of the molecule is CC(CCN=C(N)Nc1ccccc1OC(F)(F)F)N1CCCCC1.I. The first-order valence-corrected chi connectivity index (χ1v) is 8.51. The minimum absolute atomic E-state index is 0. The zero-order valence-corrected chi connectivity index (χ0v) is 17.1. The molecular formula is C17H26F3IN4O. The Morgan fingerprint density at radius 3 is 2.58 bits per heavy atom. The van der Waals surface area contributed by atoms with Crippen molar-refractivity contribution in [2.75, 3.05) is 25.0 Å². The van der Waals surface area contributed by atoms with Gasteiger partial charge in [0.2, 0.25) is 0 Å². The molecule has 1 aliphatic heterocycles. The van der Waals surface area contributed by atoms with Crippen LogP contribution in [0.5, 0.6) is 5.75 Å². The molecule has 0 aliphatic carbocycles. The zero-order chi connectivity index (χ0) is 18.3. The van der Waals surface area contributed by atoms with Gasteiger partial charge in [-0.15, -0.1) is 37.1 Å². The summed E-state index contributed by atoms with van der Waals surface area (Å²) in [5, 5.41) is 2.68. The fraction of sp³-hybridized carbons (Fsp3) is 0.588. The Morgan fingerprint density at radius 2 is 1.92 bits per heavy atom. The number of alkyl halides is 3. The fourth-order valence-corrected chi connectivity index (χ4v) is 2.87. The Labute approximate surface area is 169 Å². The van der Waals surface area contributed by atoms with Crippen LogP contribution in [0.3, 0.4) is 0 Å². The van der Waals surface area contributed by atoms with Crippen LogP contribution in [0.4, 0.5) is 18.9 Å². The quantitative estimate of drug-likeness (QED) is 0.360. The third kappa shape index (κ3) is 7.98. The molecule has 1 aliphatic rings. The van der Waals surface area contributed by atoms with Crippen LogP contribution in [0.1, 0.15) is 32.6 Å². The molecule has 0 amide bonds. The summed E-state index contributed by atoms with van der Waals surface area (Å²) in [5.74, 6) is -0.265.